The standard InChI is InChI=1S/C17H16N2O2S/c1-2-22-13-9-7-12(8-10-13)17(21)19-11-16(20)18-14-5-3-4-6-15(14)19/h3-10H,2,11H2,1H3,(H,18,20). The molecule has 1 heterocycles. The van der Waals surface area contributed by atoms with Crippen LogP contribution in [0, 0.1) is 0 Å². The molecule has 22 heavy (non-hydrogen) atoms. The van der Waals surface area contributed by atoms with E-state index in [-0.39, 0.29) is 18.4 Å². The molecule has 0 saturated heterocycles. The Morgan fingerprint density at radius 1 is 1.18 bits per heavy atom. The molecule has 1 N–H and O–H groups in total. The quantitative estimate of drug-likeness (QED) is 0.884. The number of hydrogen-bond acceptors (Lipinski definition) is 3. The molecule has 4 nitrogen and oxygen atoms in total. The normalized spacial score (nSPS) is 13.5. The van der Waals surface area contributed by atoms with E-state index in [0.29, 0.717) is 11.3 Å². The predicted molar refractivity (Wildman–Crippen MR) is 89.6 cm³/mol. The van der Waals surface area contributed by atoms with Crippen molar-refractivity contribution < 1.29 is 9.59 Å². The lowest BCUT2D eigenvalue weighted by molar-refractivity contribution is -0.115. The summed E-state index contributed by atoms with van der Waals surface area (Å²) < 4.78 is 0. The van der Waals surface area contributed by atoms with Crippen molar-refractivity contribution in [1.82, 2.24) is 0 Å². The van der Waals surface area contributed by atoms with Crippen molar-refractivity contribution in [3.8, 4) is 0 Å². The molecule has 2 aromatic rings. The van der Waals surface area contributed by atoms with Gasteiger partial charge in [0.1, 0.15) is 6.54 Å². The van der Waals surface area contributed by atoms with Gasteiger partial charge >= 0.3 is 0 Å². The minimum atomic E-state index is -0.176. The Hall–Kier alpha value is -2.27. The number of nitrogens with zero attached hydrogens (tertiary/aromatic N) is 1. The highest BCUT2D eigenvalue weighted by molar-refractivity contribution is 7.99. The number of hydrogen-bond donors (Lipinski definition) is 1. The van der Waals surface area contributed by atoms with Gasteiger partial charge < -0.3 is 5.32 Å². The Morgan fingerprint density at radius 3 is 2.64 bits per heavy atom. The zero-order chi connectivity index (χ0) is 15.5. The highest BCUT2D eigenvalue weighted by atomic mass is 32.2. The molecule has 0 fully saturated rings. The van der Waals surface area contributed by atoms with Gasteiger partial charge in [-0.25, -0.2) is 0 Å². The fourth-order valence-electron chi connectivity index (χ4n) is 2.43. The summed E-state index contributed by atoms with van der Waals surface area (Å²) in [5.74, 6) is 0.660. The van der Waals surface area contributed by atoms with Crippen LogP contribution in [-0.2, 0) is 4.79 Å². The van der Waals surface area contributed by atoms with Crippen molar-refractivity contribution in [3.05, 3.63) is 54.1 Å². The Bertz CT molecular complexity index is 713. The molecule has 0 saturated carbocycles. The molecule has 0 spiro atoms. The van der Waals surface area contributed by atoms with E-state index in [1.165, 1.54) is 4.90 Å². The molecule has 2 aromatic carbocycles. The Morgan fingerprint density at radius 2 is 1.91 bits per heavy atom. The second-order valence-corrected chi connectivity index (χ2v) is 6.25. The number of amides is 2. The van der Waals surface area contributed by atoms with E-state index in [9.17, 15) is 9.59 Å². The number of fused-ring (bicyclic) bond motifs is 1. The third-order valence-corrected chi connectivity index (χ3v) is 4.32. The molecule has 112 valence electrons. The number of thioether (sulfide) groups is 1. The molecular formula is C17H16N2O2S. The minimum absolute atomic E-state index is 0.0430. The summed E-state index contributed by atoms with van der Waals surface area (Å²) in [5, 5.41) is 2.79. The van der Waals surface area contributed by atoms with Gasteiger partial charge in [-0.1, -0.05) is 19.1 Å². The Labute approximate surface area is 133 Å². The van der Waals surface area contributed by atoms with Crippen molar-refractivity contribution in [2.75, 3.05) is 22.5 Å². The Kier molecular flexibility index (Phi) is 4.15. The zero-order valence-corrected chi connectivity index (χ0v) is 13.0. The molecule has 0 bridgehead atoms. The van der Waals surface area contributed by atoms with Gasteiger partial charge in [0, 0.05) is 10.5 Å². The van der Waals surface area contributed by atoms with Gasteiger partial charge in [0.25, 0.3) is 5.91 Å². The van der Waals surface area contributed by atoms with Gasteiger partial charge in [0.2, 0.25) is 5.91 Å². The molecule has 0 atom stereocenters. The monoisotopic (exact) mass is 312 g/mol. The van der Waals surface area contributed by atoms with Crippen molar-refractivity contribution in [2.45, 2.75) is 11.8 Å². The van der Waals surface area contributed by atoms with Crippen LogP contribution in [0.15, 0.2) is 53.4 Å². The summed E-state index contributed by atoms with van der Waals surface area (Å²) in [7, 11) is 0. The van der Waals surface area contributed by atoms with Crippen LogP contribution in [0.1, 0.15) is 17.3 Å². The van der Waals surface area contributed by atoms with Crippen molar-refractivity contribution in [2.24, 2.45) is 0 Å². The molecule has 2 amide bonds. The van der Waals surface area contributed by atoms with Gasteiger partial charge in [0.15, 0.2) is 0 Å². The summed E-state index contributed by atoms with van der Waals surface area (Å²) in [5.41, 5.74) is 1.99. The van der Waals surface area contributed by atoms with E-state index in [2.05, 4.69) is 12.2 Å². The van der Waals surface area contributed by atoms with E-state index < -0.39 is 0 Å². The van der Waals surface area contributed by atoms with Crippen molar-refractivity contribution >= 4 is 35.0 Å². The first-order valence-corrected chi connectivity index (χ1v) is 8.11. The number of nitrogens with one attached hydrogen (secondary N) is 1. The van der Waals surface area contributed by atoms with E-state index in [0.717, 1.165) is 16.3 Å². The van der Waals surface area contributed by atoms with Gasteiger partial charge in [-0.15, -0.1) is 11.8 Å². The van der Waals surface area contributed by atoms with Gasteiger partial charge in [-0.3, -0.25) is 14.5 Å². The van der Waals surface area contributed by atoms with Crippen LogP contribution in [0.2, 0.25) is 0 Å². The minimum Gasteiger partial charge on any atom is -0.323 e. The molecule has 0 radical (unpaired) electrons. The molecule has 5 heteroatoms. The van der Waals surface area contributed by atoms with Gasteiger partial charge in [-0.05, 0) is 42.2 Å². The van der Waals surface area contributed by atoms with Crippen molar-refractivity contribution in [3.63, 3.8) is 0 Å². The SMILES string of the molecule is CCSc1ccc(C(=O)N2CC(=O)Nc3ccccc32)cc1. The molecule has 1 aliphatic rings. The molecule has 1 aliphatic heterocycles. The summed E-state index contributed by atoms with van der Waals surface area (Å²) in [4.78, 5) is 27.2. The summed E-state index contributed by atoms with van der Waals surface area (Å²) in [6, 6.07) is 14.8. The van der Waals surface area contributed by atoms with Crippen LogP contribution < -0.4 is 10.2 Å². The van der Waals surface area contributed by atoms with Crippen molar-refractivity contribution in [1.29, 1.82) is 0 Å². The molecule has 3 rings (SSSR count). The fraction of sp³-hybridized carbons (Fsp3) is 0.176. The molecule has 0 aromatic heterocycles. The topological polar surface area (TPSA) is 49.4 Å². The van der Waals surface area contributed by atoms with E-state index >= 15 is 0 Å². The maximum Gasteiger partial charge on any atom is 0.258 e. The van der Waals surface area contributed by atoms with Crippen LogP contribution in [0.4, 0.5) is 11.4 Å². The molecule has 0 aliphatic carbocycles. The van der Waals surface area contributed by atoms with Crippen LogP contribution in [0.5, 0.6) is 0 Å². The lowest BCUT2D eigenvalue weighted by Crippen LogP contribution is -2.42. The van der Waals surface area contributed by atoms with E-state index in [4.69, 9.17) is 0 Å². The first-order chi connectivity index (χ1) is 10.7. The third kappa shape index (κ3) is 2.85. The number of rotatable bonds is 3. The lowest BCUT2D eigenvalue weighted by atomic mass is 10.1. The first kappa shape index (κ1) is 14.7. The van der Waals surface area contributed by atoms with Crippen LogP contribution >= 0.6 is 11.8 Å². The largest absolute Gasteiger partial charge is 0.323 e. The summed E-state index contributed by atoms with van der Waals surface area (Å²) in [6.45, 7) is 2.13. The highest BCUT2D eigenvalue weighted by Crippen LogP contribution is 2.30. The fourth-order valence-corrected chi connectivity index (χ4v) is 3.09. The second kappa shape index (κ2) is 6.23. The third-order valence-electron chi connectivity index (χ3n) is 3.43. The lowest BCUT2D eigenvalue weighted by Gasteiger charge is -2.29. The van der Waals surface area contributed by atoms with Crippen LogP contribution in [0.25, 0.3) is 0 Å². The number of anilines is 2. The first-order valence-electron chi connectivity index (χ1n) is 7.12. The second-order valence-electron chi connectivity index (χ2n) is 4.91. The van der Waals surface area contributed by atoms with Crippen LogP contribution in [0.3, 0.4) is 0 Å². The average molecular weight is 312 g/mol. The maximum atomic E-state index is 12.7. The average Bonchev–Trinajstić information content (AvgIpc) is 2.54. The smallest absolute Gasteiger partial charge is 0.258 e. The van der Waals surface area contributed by atoms with Gasteiger partial charge in [-0.2, -0.15) is 0 Å². The zero-order valence-electron chi connectivity index (χ0n) is 12.2. The van der Waals surface area contributed by atoms with E-state index in [1.807, 2.05) is 42.5 Å². The number of carbonyl (C=O) groups excluding carboxylic acids is 2. The highest BCUT2D eigenvalue weighted by Gasteiger charge is 2.27. The predicted octanol–water partition coefficient (Wildman–Crippen LogP) is 3.40. The number of para-hydroxylation sites is 2. The van der Waals surface area contributed by atoms with E-state index in [1.54, 1.807) is 17.8 Å². The molecular weight excluding hydrogens is 296 g/mol. The Balaban J connectivity index is 1.90. The maximum absolute atomic E-state index is 12.7. The number of benzene rings is 2. The number of carbonyl (C=O) groups is 2. The summed E-state index contributed by atoms with van der Waals surface area (Å²) in [6.07, 6.45) is 0. The van der Waals surface area contributed by atoms with Crippen LogP contribution in [-0.4, -0.2) is 24.1 Å². The van der Waals surface area contributed by atoms with Gasteiger partial charge in [0.05, 0.1) is 11.4 Å². The molecule has 0 unspecified atom stereocenters. The summed E-state index contributed by atoms with van der Waals surface area (Å²) >= 11 is 1.73.